The smallest absolute Gasteiger partial charge is 0.251 e. The highest BCUT2D eigenvalue weighted by Gasteiger charge is 2.24. The summed E-state index contributed by atoms with van der Waals surface area (Å²) in [5.41, 5.74) is 1.75. The molecular weight excluding hydrogens is 340 g/mol. The van der Waals surface area contributed by atoms with Crippen molar-refractivity contribution in [2.75, 3.05) is 13.7 Å². The van der Waals surface area contributed by atoms with E-state index in [2.05, 4.69) is 22.8 Å². The maximum atomic E-state index is 12.5. The van der Waals surface area contributed by atoms with E-state index < -0.39 is 6.04 Å². The van der Waals surface area contributed by atoms with Crippen LogP contribution in [-0.2, 0) is 11.2 Å². The van der Waals surface area contributed by atoms with Crippen LogP contribution in [0.25, 0.3) is 0 Å². The molecule has 2 N–H and O–H groups in total. The quantitative estimate of drug-likeness (QED) is 0.668. The molecule has 0 heterocycles. The molecule has 0 aliphatic carbocycles. The first kappa shape index (κ1) is 20.5. The second-order valence-corrected chi connectivity index (χ2v) is 6.80. The Morgan fingerprint density at radius 2 is 1.67 bits per heavy atom. The Bertz CT molecular complexity index is 727. The van der Waals surface area contributed by atoms with Gasteiger partial charge in [-0.05, 0) is 48.6 Å². The Morgan fingerprint density at radius 3 is 2.26 bits per heavy atom. The predicted octanol–water partition coefficient (Wildman–Crippen LogP) is 3.20. The van der Waals surface area contributed by atoms with Crippen LogP contribution >= 0.6 is 0 Å². The molecule has 5 nitrogen and oxygen atoms in total. The van der Waals surface area contributed by atoms with Gasteiger partial charge in [-0.1, -0.05) is 44.2 Å². The molecule has 2 amide bonds. The SMILES string of the molecule is COc1ccc(C(=O)NC(C(=O)NCCCc2ccccc2)C(C)C)cc1. The summed E-state index contributed by atoms with van der Waals surface area (Å²) in [6.45, 7) is 4.42. The van der Waals surface area contributed by atoms with Crippen LogP contribution in [0, 0.1) is 5.92 Å². The van der Waals surface area contributed by atoms with E-state index in [1.165, 1.54) is 5.56 Å². The van der Waals surface area contributed by atoms with Crippen molar-refractivity contribution < 1.29 is 14.3 Å². The second kappa shape index (κ2) is 10.4. The molecule has 0 aliphatic rings. The third kappa shape index (κ3) is 6.44. The third-order valence-electron chi connectivity index (χ3n) is 4.37. The number of nitrogens with one attached hydrogen (secondary N) is 2. The first-order valence-corrected chi connectivity index (χ1v) is 9.28. The van der Waals surface area contributed by atoms with Crippen molar-refractivity contribution in [1.29, 1.82) is 0 Å². The summed E-state index contributed by atoms with van der Waals surface area (Å²) in [6.07, 6.45) is 1.76. The predicted molar refractivity (Wildman–Crippen MR) is 107 cm³/mol. The van der Waals surface area contributed by atoms with Crippen molar-refractivity contribution >= 4 is 11.8 Å². The van der Waals surface area contributed by atoms with Gasteiger partial charge in [-0.25, -0.2) is 0 Å². The summed E-state index contributed by atoms with van der Waals surface area (Å²) in [5.74, 6) is 0.250. The van der Waals surface area contributed by atoms with Gasteiger partial charge in [0.1, 0.15) is 11.8 Å². The first-order valence-electron chi connectivity index (χ1n) is 9.28. The minimum atomic E-state index is -0.573. The Morgan fingerprint density at radius 1 is 1.00 bits per heavy atom. The van der Waals surface area contributed by atoms with Gasteiger partial charge < -0.3 is 15.4 Å². The summed E-state index contributed by atoms with van der Waals surface area (Å²) in [7, 11) is 1.58. The Hall–Kier alpha value is -2.82. The van der Waals surface area contributed by atoms with Crippen LogP contribution in [-0.4, -0.2) is 31.5 Å². The lowest BCUT2D eigenvalue weighted by atomic mass is 10.0. The third-order valence-corrected chi connectivity index (χ3v) is 4.37. The number of aryl methyl sites for hydroxylation is 1. The second-order valence-electron chi connectivity index (χ2n) is 6.80. The molecule has 0 bridgehead atoms. The van der Waals surface area contributed by atoms with Crippen molar-refractivity contribution in [1.82, 2.24) is 10.6 Å². The fourth-order valence-corrected chi connectivity index (χ4v) is 2.76. The fraction of sp³-hybridized carbons (Fsp3) is 0.364. The van der Waals surface area contributed by atoms with Gasteiger partial charge in [0.2, 0.25) is 5.91 Å². The number of hydrogen-bond donors (Lipinski definition) is 2. The van der Waals surface area contributed by atoms with Crippen LogP contribution in [0.5, 0.6) is 5.75 Å². The van der Waals surface area contributed by atoms with Gasteiger partial charge >= 0.3 is 0 Å². The molecule has 1 unspecified atom stereocenters. The Labute approximate surface area is 161 Å². The molecule has 27 heavy (non-hydrogen) atoms. The molecule has 0 saturated carbocycles. The molecular formula is C22H28N2O3. The number of rotatable bonds is 9. The molecule has 0 aromatic heterocycles. The summed E-state index contributed by atoms with van der Waals surface area (Å²) in [4.78, 5) is 25.0. The van der Waals surface area contributed by atoms with Gasteiger partial charge in [0.05, 0.1) is 7.11 Å². The number of amides is 2. The summed E-state index contributed by atoms with van der Waals surface area (Å²) < 4.78 is 5.10. The van der Waals surface area contributed by atoms with Gasteiger partial charge in [0.15, 0.2) is 0 Å². The van der Waals surface area contributed by atoms with Crippen LogP contribution in [0.3, 0.4) is 0 Å². The fourth-order valence-electron chi connectivity index (χ4n) is 2.76. The van der Waals surface area contributed by atoms with E-state index in [1.807, 2.05) is 32.0 Å². The lowest BCUT2D eigenvalue weighted by Crippen LogP contribution is -2.49. The number of carbonyl (C=O) groups is 2. The normalized spacial score (nSPS) is 11.7. The maximum Gasteiger partial charge on any atom is 0.251 e. The molecule has 0 fully saturated rings. The highest BCUT2D eigenvalue weighted by molar-refractivity contribution is 5.97. The molecule has 0 spiro atoms. The largest absolute Gasteiger partial charge is 0.497 e. The first-order chi connectivity index (χ1) is 13.0. The van der Waals surface area contributed by atoms with E-state index in [4.69, 9.17) is 4.74 Å². The maximum absolute atomic E-state index is 12.5. The topological polar surface area (TPSA) is 67.4 Å². The van der Waals surface area contributed by atoms with Crippen molar-refractivity contribution in [2.24, 2.45) is 5.92 Å². The molecule has 0 saturated heterocycles. The molecule has 2 aromatic carbocycles. The summed E-state index contributed by atoms with van der Waals surface area (Å²) >= 11 is 0. The molecule has 5 heteroatoms. The van der Waals surface area contributed by atoms with E-state index >= 15 is 0 Å². The molecule has 0 aliphatic heterocycles. The standard InChI is InChI=1S/C22H28N2O3/c1-16(2)20(24-21(25)18-11-13-19(27-3)14-12-18)22(26)23-15-7-10-17-8-5-4-6-9-17/h4-6,8-9,11-14,16,20H,7,10,15H2,1-3H3,(H,23,26)(H,24,25). The average molecular weight is 368 g/mol. The number of hydrogen-bond acceptors (Lipinski definition) is 3. The zero-order valence-electron chi connectivity index (χ0n) is 16.2. The highest BCUT2D eigenvalue weighted by atomic mass is 16.5. The van der Waals surface area contributed by atoms with E-state index in [0.29, 0.717) is 17.9 Å². The van der Waals surface area contributed by atoms with Crippen LogP contribution in [0.2, 0.25) is 0 Å². The minimum absolute atomic E-state index is 0.0127. The molecule has 1 atom stereocenters. The highest BCUT2D eigenvalue weighted by Crippen LogP contribution is 2.12. The van der Waals surface area contributed by atoms with Crippen LogP contribution in [0.15, 0.2) is 54.6 Å². The van der Waals surface area contributed by atoms with Gasteiger partial charge in [-0.15, -0.1) is 0 Å². The number of ether oxygens (including phenoxy) is 1. The number of methoxy groups -OCH3 is 1. The van der Waals surface area contributed by atoms with Gasteiger partial charge in [0, 0.05) is 12.1 Å². The van der Waals surface area contributed by atoms with Gasteiger partial charge in [-0.3, -0.25) is 9.59 Å². The van der Waals surface area contributed by atoms with Gasteiger partial charge in [-0.2, -0.15) is 0 Å². The lowest BCUT2D eigenvalue weighted by Gasteiger charge is -2.22. The van der Waals surface area contributed by atoms with Crippen molar-refractivity contribution in [3.63, 3.8) is 0 Å². The van der Waals surface area contributed by atoms with Crippen molar-refractivity contribution in [3.8, 4) is 5.75 Å². The molecule has 0 radical (unpaired) electrons. The average Bonchev–Trinajstić information content (AvgIpc) is 2.69. The summed E-state index contributed by atoms with van der Waals surface area (Å²) in [6, 6.07) is 16.4. The lowest BCUT2D eigenvalue weighted by molar-refractivity contribution is -0.123. The monoisotopic (exact) mass is 368 g/mol. The van der Waals surface area contributed by atoms with Crippen LogP contribution < -0.4 is 15.4 Å². The zero-order chi connectivity index (χ0) is 19.6. The van der Waals surface area contributed by atoms with Crippen LogP contribution in [0.1, 0.15) is 36.2 Å². The van der Waals surface area contributed by atoms with E-state index in [1.54, 1.807) is 31.4 Å². The zero-order valence-corrected chi connectivity index (χ0v) is 16.2. The molecule has 2 aromatic rings. The molecule has 2 rings (SSSR count). The van der Waals surface area contributed by atoms with Crippen molar-refractivity contribution in [2.45, 2.75) is 32.7 Å². The van der Waals surface area contributed by atoms with Crippen LogP contribution in [0.4, 0.5) is 0 Å². The summed E-state index contributed by atoms with van der Waals surface area (Å²) in [5, 5.41) is 5.77. The van der Waals surface area contributed by atoms with E-state index in [-0.39, 0.29) is 17.7 Å². The Kier molecular flexibility index (Phi) is 7.86. The van der Waals surface area contributed by atoms with E-state index in [9.17, 15) is 9.59 Å². The minimum Gasteiger partial charge on any atom is -0.497 e. The van der Waals surface area contributed by atoms with E-state index in [0.717, 1.165) is 12.8 Å². The Balaban J connectivity index is 1.85. The van der Waals surface area contributed by atoms with Crippen molar-refractivity contribution in [3.05, 3.63) is 65.7 Å². The number of benzene rings is 2. The number of carbonyl (C=O) groups excluding carboxylic acids is 2. The van der Waals surface area contributed by atoms with Gasteiger partial charge in [0.25, 0.3) is 5.91 Å². The molecule has 144 valence electrons.